The molecule has 3 aromatic rings. The van der Waals surface area contributed by atoms with Gasteiger partial charge in [-0.15, -0.1) is 5.10 Å². The molecule has 2 heterocycles. The molecule has 0 aliphatic carbocycles. The van der Waals surface area contributed by atoms with Crippen LogP contribution in [0.5, 0.6) is 0 Å². The first-order valence-electron chi connectivity index (χ1n) is 6.46. The van der Waals surface area contributed by atoms with Crippen molar-refractivity contribution in [3.05, 3.63) is 44.2 Å². The average molecular weight is 464 g/mol. The normalized spacial score (nSPS) is 11.8. The SMILES string of the molecule is Cc1cc(C)n2nc(S(=O)(=O)Nc3c(Cl)cccc3I)nc2n1. The first-order chi connectivity index (χ1) is 10.8. The molecule has 0 aliphatic rings. The maximum Gasteiger partial charge on any atom is 0.299 e. The highest BCUT2D eigenvalue weighted by atomic mass is 127. The van der Waals surface area contributed by atoms with Crippen LogP contribution in [-0.2, 0) is 10.0 Å². The number of fused-ring (bicyclic) bond motifs is 1. The van der Waals surface area contributed by atoms with E-state index in [2.05, 4.69) is 19.8 Å². The number of halogens is 2. The summed E-state index contributed by atoms with van der Waals surface area (Å²) in [7, 11) is -3.97. The smallest absolute Gasteiger partial charge is 0.274 e. The van der Waals surface area contributed by atoms with E-state index in [9.17, 15) is 8.42 Å². The van der Waals surface area contributed by atoms with Crippen LogP contribution in [0.15, 0.2) is 29.4 Å². The summed E-state index contributed by atoms with van der Waals surface area (Å²) in [5, 5.41) is 3.98. The second-order valence-electron chi connectivity index (χ2n) is 4.85. The number of anilines is 1. The van der Waals surface area contributed by atoms with Gasteiger partial charge in [0.15, 0.2) is 0 Å². The number of nitrogens with zero attached hydrogens (tertiary/aromatic N) is 4. The lowest BCUT2D eigenvalue weighted by atomic mass is 10.3. The fourth-order valence-corrected chi connectivity index (χ4v) is 4.26. The van der Waals surface area contributed by atoms with Gasteiger partial charge in [-0.2, -0.15) is 13.4 Å². The summed E-state index contributed by atoms with van der Waals surface area (Å²) in [6.07, 6.45) is 0. The summed E-state index contributed by atoms with van der Waals surface area (Å²) in [5.41, 5.74) is 1.78. The minimum Gasteiger partial charge on any atom is -0.274 e. The first kappa shape index (κ1) is 16.4. The van der Waals surface area contributed by atoms with Crippen molar-refractivity contribution in [3.63, 3.8) is 0 Å². The molecule has 0 bridgehead atoms. The van der Waals surface area contributed by atoms with E-state index in [1.54, 1.807) is 38.1 Å². The Labute approximate surface area is 151 Å². The Bertz CT molecular complexity index is 998. The van der Waals surface area contributed by atoms with Crippen molar-refractivity contribution in [2.75, 3.05) is 4.72 Å². The van der Waals surface area contributed by atoms with Crippen molar-refractivity contribution < 1.29 is 8.42 Å². The monoisotopic (exact) mass is 463 g/mol. The number of rotatable bonds is 3. The Kier molecular flexibility index (Phi) is 4.19. The molecule has 0 saturated heterocycles. The number of para-hydroxylation sites is 1. The molecule has 1 N–H and O–H groups in total. The lowest BCUT2D eigenvalue weighted by Crippen LogP contribution is -2.16. The highest BCUT2D eigenvalue weighted by Gasteiger charge is 2.23. The number of nitrogens with one attached hydrogen (secondary N) is 1. The molecular weight excluding hydrogens is 453 g/mol. The highest BCUT2D eigenvalue weighted by molar-refractivity contribution is 14.1. The van der Waals surface area contributed by atoms with Crippen LogP contribution in [0.25, 0.3) is 5.78 Å². The zero-order valence-electron chi connectivity index (χ0n) is 12.1. The quantitative estimate of drug-likeness (QED) is 0.603. The topological polar surface area (TPSA) is 89.3 Å². The van der Waals surface area contributed by atoms with Crippen molar-refractivity contribution in [2.45, 2.75) is 19.0 Å². The molecule has 0 unspecified atom stereocenters. The summed E-state index contributed by atoms with van der Waals surface area (Å²) in [4.78, 5) is 8.19. The maximum absolute atomic E-state index is 12.5. The molecule has 0 aliphatic heterocycles. The van der Waals surface area contributed by atoms with Crippen molar-refractivity contribution in [1.82, 2.24) is 19.6 Å². The molecule has 0 atom stereocenters. The van der Waals surface area contributed by atoms with Crippen LogP contribution >= 0.6 is 34.2 Å². The van der Waals surface area contributed by atoms with E-state index in [-0.39, 0.29) is 10.9 Å². The van der Waals surface area contributed by atoms with E-state index in [1.807, 2.05) is 22.6 Å². The molecule has 0 amide bonds. The Morgan fingerprint density at radius 3 is 2.70 bits per heavy atom. The van der Waals surface area contributed by atoms with E-state index < -0.39 is 10.0 Å². The van der Waals surface area contributed by atoms with E-state index in [0.29, 0.717) is 14.3 Å². The van der Waals surface area contributed by atoms with Crippen molar-refractivity contribution in [3.8, 4) is 0 Å². The lowest BCUT2D eigenvalue weighted by Gasteiger charge is -2.08. The molecule has 0 saturated carbocycles. The summed E-state index contributed by atoms with van der Waals surface area (Å²) in [6.45, 7) is 3.61. The second kappa shape index (κ2) is 5.87. The van der Waals surface area contributed by atoms with Gasteiger partial charge in [0.05, 0.1) is 10.7 Å². The lowest BCUT2D eigenvalue weighted by molar-refractivity contribution is 0.592. The zero-order chi connectivity index (χ0) is 16.8. The fraction of sp³-hybridized carbons (Fsp3) is 0.154. The predicted octanol–water partition coefficient (Wildman–Crippen LogP) is 2.80. The molecule has 1 aromatic carbocycles. The maximum atomic E-state index is 12.5. The molecule has 0 radical (unpaired) electrons. The third kappa shape index (κ3) is 3.12. The number of hydrogen-bond acceptors (Lipinski definition) is 5. The van der Waals surface area contributed by atoms with E-state index >= 15 is 0 Å². The van der Waals surface area contributed by atoms with Gasteiger partial charge >= 0.3 is 0 Å². The molecule has 23 heavy (non-hydrogen) atoms. The van der Waals surface area contributed by atoms with Crippen LogP contribution in [0.4, 0.5) is 5.69 Å². The van der Waals surface area contributed by atoms with Crippen LogP contribution in [0.3, 0.4) is 0 Å². The van der Waals surface area contributed by atoms with E-state index in [1.165, 1.54) is 4.52 Å². The zero-order valence-corrected chi connectivity index (χ0v) is 15.8. The van der Waals surface area contributed by atoms with Gasteiger partial charge in [0, 0.05) is 15.0 Å². The second-order valence-corrected chi connectivity index (χ2v) is 7.99. The van der Waals surface area contributed by atoms with Gasteiger partial charge in [0.1, 0.15) is 0 Å². The van der Waals surface area contributed by atoms with Crippen LogP contribution in [-0.4, -0.2) is 28.0 Å². The van der Waals surface area contributed by atoms with Gasteiger partial charge in [-0.3, -0.25) is 4.72 Å². The third-order valence-corrected chi connectivity index (χ3v) is 5.38. The van der Waals surface area contributed by atoms with Crippen molar-refractivity contribution >= 4 is 55.7 Å². The summed E-state index contributed by atoms with van der Waals surface area (Å²) < 4.78 is 29.6. The average Bonchev–Trinajstić information content (AvgIpc) is 2.88. The Morgan fingerprint density at radius 2 is 2.00 bits per heavy atom. The predicted molar refractivity (Wildman–Crippen MR) is 95.2 cm³/mol. The number of aromatic nitrogens is 4. The number of sulfonamides is 1. The largest absolute Gasteiger partial charge is 0.299 e. The number of aryl methyl sites for hydroxylation is 2. The van der Waals surface area contributed by atoms with Crippen LogP contribution in [0.2, 0.25) is 5.02 Å². The summed E-state index contributed by atoms with van der Waals surface area (Å²) in [5.74, 6) is 0.233. The minimum absolute atomic E-state index is 0.233. The Balaban J connectivity index is 2.08. The van der Waals surface area contributed by atoms with Crippen molar-refractivity contribution in [2.24, 2.45) is 0 Å². The Morgan fingerprint density at radius 1 is 1.26 bits per heavy atom. The van der Waals surface area contributed by atoms with Gasteiger partial charge in [-0.05, 0) is 54.6 Å². The van der Waals surface area contributed by atoms with Gasteiger partial charge in [0.2, 0.25) is 0 Å². The fourth-order valence-electron chi connectivity index (χ4n) is 2.04. The molecule has 3 rings (SSSR count). The molecule has 0 fully saturated rings. The molecular formula is C13H11ClIN5O2S. The summed E-state index contributed by atoms with van der Waals surface area (Å²) in [6, 6.07) is 6.88. The molecule has 120 valence electrons. The van der Waals surface area contributed by atoms with Gasteiger partial charge < -0.3 is 0 Å². The minimum atomic E-state index is -3.97. The van der Waals surface area contributed by atoms with E-state index in [4.69, 9.17) is 11.6 Å². The van der Waals surface area contributed by atoms with Crippen molar-refractivity contribution in [1.29, 1.82) is 0 Å². The molecule has 7 nitrogen and oxygen atoms in total. The Hall–Kier alpha value is -1.46. The van der Waals surface area contributed by atoms with Gasteiger partial charge in [0.25, 0.3) is 21.0 Å². The molecule has 0 spiro atoms. The number of benzene rings is 1. The van der Waals surface area contributed by atoms with Crippen LogP contribution in [0, 0.1) is 17.4 Å². The van der Waals surface area contributed by atoms with E-state index in [0.717, 1.165) is 11.4 Å². The first-order valence-corrected chi connectivity index (χ1v) is 9.40. The van der Waals surface area contributed by atoms with Gasteiger partial charge in [-0.1, -0.05) is 17.7 Å². The number of hydrogen-bond donors (Lipinski definition) is 1. The van der Waals surface area contributed by atoms with Gasteiger partial charge in [-0.25, -0.2) is 9.50 Å². The van der Waals surface area contributed by atoms with Crippen LogP contribution in [0.1, 0.15) is 11.4 Å². The summed E-state index contributed by atoms with van der Waals surface area (Å²) >= 11 is 8.06. The molecule has 10 heteroatoms. The third-order valence-electron chi connectivity index (χ3n) is 3.04. The van der Waals surface area contributed by atoms with Crippen LogP contribution < -0.4 is 4.72 Å². The standard InChI is InChI=1S/C13H11ClIN5O2S/c1-7-6-8(2)20-12(16-7)17-13(18-20)23(21,22)19-11-9(14)4-3-5-10(11)15/h3-6,19H,1-2H3. The molecule has 2 aromatic heterocycles. The highest BCUT2D eigenvalue weighted by Crippen LogP contribution is 2.29.